The Balaban J connectivity index is 2.01. The highest BCUT2D eigenvalue weighted by Crippen LogP contribution is 2.28. The SMILES string of the molecule is COc1ccc(C(C)NCc2cc(C)no2)c(O)c1. The number of methoxy groups -OCH3 is 1. The first-order chi connectivity index (χ1) is 9.10. The number of nitrogens with one attached hydrogen (secondary N) is 1. The van der Waals surface area contributed by atoms with E-state index in [1.165, 1.54) is 0 Å². The van der Waals surface area contributed by atoms with Crippen molar-refractivity contribution in [2.24, 2.45) is 0 Å². The molecule has 1 atom stereocenters. The van der Waals surface area contributed by atoms with Gasteiger partial charge in [-0.15, -0.1) is 0 Å². The maximum Gasteiger partial charge on any atom is 0.150 e. The number of aryl methyl sites for hydroxylation is 1. The van der Waals surface area contributed by atoms with E-state index in [-0.39, 0.29) is 11.8 Å². The first kappa shape index (κ1) is 13.4. The van der Waals surface area contributed by atoms with Gasteiger partial charge in [0, 0.05) is 23.7 Å². The summed E-state index contributed by atoms with van der Waals surface area (Å²) in [5.41, 5.74) is 1.67. The van der Waals surface area contributed by atoms with Crippen molar-refractivity contribution in [3.63, 3.8) is 0 Å². The number of rotatable bonds is 5. The van der Waals surface area contributed by atoms with Crippen LogP contribution in [0.1, 0.15) is 30.0 Å². The van der Waals surface area contributed by atoms with Gasteiger partial charge in [-0.25, -0.2) is 0 Å². The van der Waals surface area contributed by atoms with Gasteiger partial charge in [0.2, 0.25) is 0 Å². The number of phenols is 1. The van der Waals surface area contributed by atoms with Crippen LogP contribution < -0.4 is 10.1 Å². The zero-order chi connectivity index (χ0) is 13.8. The van der Waals surface area contributed by atoms with Gasteiger partial charge in [0.1, 0.15) is 11.5 Å². The van der Waals surface area contributed by atoms with Crippen LogP contribution in [0.25, 0.3) is 0 Å². The molecule has 5 heteroatoms. The van der Waals surface area contributed by atoms with E-state index in [2.05, 4.69) is 10.5 Å². The summed E-state index contributed by atoms with van der Waals surface area (Å²) in [6.07, 6.45) is 0. The summed E-state index contributed by atoms with van der Waals surface area (Å²) in [5, 5.41) is 17.0. The molecule has 1 aromatic carbocycles. The standard InChI is InChI=1S/C14H18N2O3/c1-9-6-12(19-16-9)8-15-10(2)13-5-4-11(18-3)7-14(13)17/h4-7,10,15,17H,8H2,1-3H3. The van der Waals surface area contributed by atoms with Gasteiger partial charge in [-0.3, -0.25) is 0 Å². The van der Waals surface area contributed by atoms with Crippen molar-refractivity contribution in [1.29, 1.82) is 0 Å². The Kier molecular flexibility index (Phi) is 4.06. The molecule has 0 amide bonds. The van der Waals surface area contributed by atoms with Gasteiger partial charge in [-0.1, -0.05) is 11.2 Å². The van der Waals surface area contributed by atoms with Crippen LogP contribution in [-0.4, -0.2) is 17.4 Å². The van der Waals surface area contributed by atoms with E-state index in [9.17, 15) is 5.11 Å². The van der Waals surface area contributed by atoms with Gasteiger partial charge in [-0.05, 0) is 19.9 Å². The lowest BCUT2D eigenvalue weighted by atomic mass is 10.1. The van der Waals surface area contributed by atoms with Crippen LogP contribution in [0.15, 0.2) is 28.8 Å². The summed E-state index contributed by atoms with van der Waals surface area (Å²) in [5.74, 6) is 1.63. The van der Waals surface area contributed by atoms with Crippen LogP contribution in [-0.2, 0) is 6.54 Å². The Labute approximate surface area is 112 Å². The third-order valence-electron chi connectivity index (χ3n) is 2.96. The number of aromatic nitrogens is 1. The molecule has 0 saturated carbocycles. The van der Waals surface area contributed by atoms with Crippen molar-refractivity contribution in [3.8, 4) is 11.5 Å². The minimum Gasteiger partial charge on any atom is -0.507 e. The van der Waals surface area contributed by atoms with Crippen LogP contribution >= 0.6 is 0 Å². The quantitative estimate of drug-likeness (QED) is 0.866. The second-order valence-corrected chi connectivity index (χ2v) is 4.46. The minimum atomic E-state index is -0.00341. The van der Waals surface area contributed by atoms with E-state index in [0.717, 1.165) is 17.0 Å². The summed E-state index contributed by atoms with van der Waals surface area (Å²) in [6.45, 7) is 4.42. The summed E-state index contributed by atoms with van der Waals surface area (Å²) < 4.78 is 10.2. The molecule has 1 unspecified atom stereocenters. The Morgan fingerprint density at radius 1 is 1.42 bits per heavy atom. The molecule has 1 heterocycles. The number of hydrogen-bond acceptors (Lipinski definition) is 5. The van der Waals surface area contributed by atoms with E-state index in [1.807, 2.05) is 32.0 Å². The lowest BCUT2D eigenvalue weighted by molar-refractivity contribution is 0.361. The molecule has 19 heavy (non-hydrogen) atoms. The van der Waals surface area contributed by atoms with Crippen molar-refractivity contribution in [2.75, 3.05) is 7.11 Å². The van der Waals surface area contributed by atoms with Gasteiger partial charge in [0.05, 0.1) is 19.3 Å². The number of ether oxygens (including phenoxy) is 1. The molecule has 1 aromatic heterocycles. The molecule has 0 aliphatic rings. The fourth-order valence-electron chi connectivity index (χ4n) is 1.88. The second kappa shape index (κ2) is 5.75. The van der Waals surface area contributed by atoms with Crippen molar-refractivity contribution in [3.05, 3.63) is 41.3 Å². The van der Waals surface area contributed by atoms with Gasteiger partial charge < -0.3 is 19.7 Å². The Morgan fingerprint density at radius 2 is 2.21 bits per heavy atom. The molecule has 0 fully saturated rings. The predicted molar refractivity (Wildman–Crippen MR) is 71.2 cm³/mol. The van der Waals surface area contributed by atoms with Crippen LogP contribution in [0.4, 0.5) is 0 Å². The van der Waals surface area contributed by atoms with E-state index in [0.29, 0.717) is 12.3 Å². The zero-order valence-electron chi connectivity index (χ0n) is 11.3. The highest BCUT2D eigenvalue weighted by atomic mass is 16.5. The molecule has 0 spiro atoms. The van der Waals surface area contributed by atoms with Crippen molar-refractivity contribution < 1.29 is 14.4 Å². The van der Waals surface area contributed by atoms with Gasteiger partial charge in [0.25, 0.3) is 0 Å². The predicted octanol–water partition coefficient (Wildman–Crippen LogP) is 2.55. The first-order valence-corrected chi connectivity index (χ1v) is 6.12. The number of aromatic hydroxyl groups is 1. The maximum atomic E-state index is 9.94. The van der Waals surface area contributed by atoms with Crippen LogP contribution in [0, 0.1) is 6.92 Å². The summed E-state index contributed by atoms with van der Waals surface area (Å²) in [6, 6.07) is 7.15. The molecule has 2 N–H and O–H groups in total. The normalized spacial score (nSPS) is 12.4. The van der Waals surface area contributed by atoms with Gasteiger partial charge in [0.15, 0.2) is 5.76 Å². The third kappa shape index (κ3) is 3.26. The van der Waals surface area contributed by atoms with E-state index < -0.39 is 0 Å². The Hall–Kier alpha value is -2.01. The molecule has 0 aliphatic carbocycles. The third-order valence-corrected chi connectivity index (χ3v) is 2.96. The first-order valence-electron chi connectivity index (χ1n) is 6.12. The van der Waals surface area contributed by atoms with Gasteiger partial charge >= 0.3 is 0 Å². The topological polar surface area (TPSA) is 67.5 Å². The lowest BCUT2D eigenvalue weighted by Crippen LogP contribution is -2.17. The van der Waals surface area contributed by atoms with E-state index in [4.69, 9.17) is 9.26 Å². The van der Waals surface area contributed by atoms with Crippen LogP contribution in [0.5, 0.6) is 11.5 Å². The molecule has 102 valence electrons. The van der Waals surface area contributed by atoms with Crippen molar-refractivity contribution >= 4 is 0 Å². The molecule has 0 aliphatic heterocycles. The molecule has 2 rings (SSSR count). The van der Waals surface area contributed by atoms with Crippen molar-refractivity contribution in [1.82, 2.24) is 10.5 Å². The van der Waals surface area contributed by atoms with Crippen LogP contribution in [0.3, 0.4) is 0 Å². The van der Waals surface area contributed by atoms with Crippen LogP contribution in [0.2, 0.25) is 0 Å². The number of hydrogen-bond donors (Lipinski definition) is 2. The molecule has 0 bridgehead atoms. The zero-order valence-corrected chi connectivity index (χ0v) is 11.3. The van der Waals surface area contributed by atoms with E-state index >= 15 is 0 Å². The summed E-state index contributed by atoms with van der Waals surface area (Å²) in [4.78, 5) is 0. The average Bonchev–Trinajstić information content (AvgIpc) is 2.81. The molecule has 5 nitrogen and oxygen atoms in total. The number of phenolic OH excluding ortho intramolecular Hbond substituents is 1. The number of nitrogens with zero attached hydrogens (tertiary/aromatic N) is 1. The monoisotopic (exact) mass is 262 g/mol. The molecule has 2 aromatic rings. The Morgan fingerprint density at radius 3 is 2.79 bits per heavy atom. The highest BCUT2D eigenvalue weighted by molar-refractivity contribution is 5.41. The molecular weight excluding hydrogens is 244 g/mol. The Bertz CT molecular complexity index is 551. The molecular formula is C14H18N2O3. The summed E-state index contributed by atoms with van der Waals surface area (Å²) >= 11 is 0. The maximum absolute atomic E-state index is 9.94. The molecule has 0 radical (unpaired) electrons. The fraction of sp³-hybridized carbons (Fsp3) is 0.357. The summed E-state index contributed by atoms with van der Waals surface area (Å²) in [7, 11) is 1.57. The molecule has 0 saturated heterocycles. The van der Waals surface area contributed by atoms with Gasteiger partial charge in [-0.2, -0.15) is 0 Å². The van der Waals surface area contributed by atoms with E-state index in [1.54, 1.807) is 13.2 Å². The number of benzene rings is 1. The largest absolute Gasteiger partial charge is 0.507 e. The lowest BCUT2D eigenvalue weighted by Gasteiger charge is -2.15. The fourth-order valence-corrected chi connectivity index (χ4v) is 1.88. The highest BCUT2D eigenvalue weighted by Gasteiger charge is 2.11. The average molecular weight is 262 g/mol. The van der Waals surface area contributed by atoms with Crippen molar-refractivity contribution in [2.45, 2.75) is 26.4 Å². The second-order valence-electron chi connectivity index (χ2n) is 4.46. The smallest absolute Gasteiger partial charge is 0.150 e. The minimum absolute atomic E-state index is 0.00341.